The second kappa shape index (κ2) is 11.8. The van der Waals surface area contributed by atoms with Gasteiger partial charge >= 0.3 is 5.69 Å². The van der Waals surface area contributed by atoms with Gasteiger partial charge in [0.2, 0.25) is 5.91 Å². The van der Waals surface area contributed by atoms with Crippen LogP contribution in [0.1, 0.15) is 64.8 Å². The van der Waals surface area contributed by atoms with E-state index in [4.69, 9.17) is 0 Å². The summed E-state index contributed by atoms with van der Waals surface area (Å²) in [6.45, 7) is 15.6. The molecule has 12 heteroatoms. The minimum atomic E-state index is -1.00. The maximum absolute atomic E-state index is 15.9. The Morgan fingerprint density at radius 2 is 1.61 bits per heavy atom. The quantitative estimate of drug-likeness (QED) is 0.267. The van der Waals surface area contributed by atoms with Crippen LogP contribution in [0, 0.1) is 17.5 Å². The largest absolute Gasteiger partial charge is 0.355 e. The molecule has 2 unspecified atom stereocenters. The van der Waals surface area contributed by atoms with Crippen molar-refractivity contribution in [1.82, 2.24) is 29.4 Å². The molecule has 0 radical (unpaired) electrons. The first kappa shape index (κ1) is 30.8. The van der Waals surface area contributed by atoms with Crippen LogP contribution in [-0.2, 0) is 4.79 Å². The number of anilines is 1. The third-order valence-electron chi connectivity index (χ3n) is 7.90. The monoisotopic (exact) mass is 605 g/mol. The van der Waals surface area contributed by atoms with Crippen molar-refractivity contribution in [2.45, 2.75) is 65.5 Å². The molecule has 5 rings (SSSR count). The fourth-order valence-electron chi connectivity index (χ4n) is 5.72. The van der Waals surface area contributed by atoms with Crippen LogP contribution in [0.5, 0.6) is 0 Å². The molecule has 230 valence electrons. The van der Waals surface area contributed by atoms with Gasteiger partial charge in [-0.1, -0.05) is 34.3 Å². The third kappa shape index (κ3) is 5.33. The maximum atomic E-state index is 15.9. The van der Waals surface area contributed by atoms with E-state index in [0.29, 0.717) is 36.2 Å². The Morgan fingerprint density at radius 3 is 2.20 bits per heavy atom. The molecular weight excluding hydrogens is 571 g/mol. The molecule has 1 saturated heterocycles. The SMILES string of the molecule is C=CC(=O)N1CC(C)N(c2nc(=O)n(-c3c(C(C)C)ncnc3C(C)C)c3nc(-c4ccc(F)cc4F)c(F)cc23)CC1C. The van der Waals surface area contributed by atoms with Crippen molar-refractivity contribution in [3.63, 3.8) is 0 Å². The van der Waals surface area contributed by atoms with Gasteiger partial charge < -0.3 is 9.80 Å². The Bertz CT molecular complexity index is 1810. The first-order valence-corrected chi connectivity index (χ1v) is 14.5. The second-order valence-corrected chi connectivity index (χ2v) is 11.7. The third-order valence-corrected chi connectivity index (χ3v) is 7.90. The second-order valence-electron chi connectivity index (χ2n) is 11.7. The standard InChI is InChI=1S/C32H34F3N7O2/c1-8-25(43)40-13-19(7)41(14-18(40)6)30-22-12-24(35)28(21-10-9-20(33)11-23(21)34)38-31(22)42(32(44)39-30)29-26(16(2)3)36-15-37-27(29)17(4)5/h8-12,15-19H,1,13-14H2,2-7H3. The Balaban J connectivity index is 1.86. The van der Waals surface area contributed by atoms with Crippen molar-refractivity contribution in [3.05, 3.63) is 82.6 Å². The lowest BCUT2D eigenvalue weighted by atomic mass is 10.0. The van der Waals surface area contributed by atoms with Crippen molar-refractivity contribution >= 4 is 22.8 Å². The number of hydrogen-bond acceptors (Lipinski definition) is 7. The number of halogens is 3. The Labute approximate surface area is 253 Å². The molecule has 1 amide bonds. The van der Waals surface area contributed by atoms with Crippen molar-refractivity contribution in [2.75, 3.05) is 18.0 Å². The van der Waals surface area contributed by atoms with Gasteiger partial charge in [0.05, 0.1) is 22.5 Å². The van der Waals surface area contributed by atoms with Gasteiger partial charge in [-0.25, -0.2) is 37.5 Å². The Morgan fingerprint density at radius 1 is 0.955 bits per heavy atom. The molecule has 1 aromatic carbocycles. The summed E-state index contributed by atoms with van der Waals surface area (Å²) < 4.78 is 45.9. The predicted molar refractivity (Wildman–Crippen MR) is 162 cm³/mol. The average Bonchev–Trinajstić information content (AvgIpc) is 2.97. The van der Waals surface area contributed by atoms with Gasteiger partial charge in [-0.15, -0.1) is 0 Å². The number of carbonyl (C=O) groups excluding carboxylic acids is 1. The molecule has 0 spiro atoms. The van der Waals surface area contributed by atoms with E-state index >= 15 is 4.39 Å². The fourth-order valence-corrected chi connectivity index (χ4v) is 5.72. The first-order chi connectivity index (χ1) is 20.8. The van der Waals surface area contributed by atoms with Gasteiger partial charge in [0.25, 0.3) is 0 Å². The van der Waals surface area contributed by atoms with E-state index < -0.39 is 28.8 Å². The molecule has 1 aliphatic rings. The molecule has 4 heterocycles. The van der Waals surface area contributed by atoms with Crippen molar-refractivity contribution in [1.29, 1.82) is 0 Å². The molecule has 1 aliphatic heterocycles. The number of fused-ring (bicyclic) bond motifs is 1. The van der Waals surface area contributed by atoms with Gasteiger partial charge in [0.15, 0.2) is 5.65 Å². The summed E-state index contributed by atoms with van der Waals surface area (Å²) in [5.74, 6) is -3.03. The van der Waals surface area contributed by atoms with E-state index in [1.807, 2.05) is 46.4 Å². The Hall–Kier alpha value is -4.61. The lowest BCUT2D eigenvalue weighted by Gasteiger charge is -2.44. The summed E-state index contributed by atoms with van der Waals surface area (Å²) in [4.78, 5) is 48.1. The van der Waals surface area contributed by atoms with E-state index in [2.05, 4.69) is 26.5 Å². The van der Waals surface area contributed by atoms with E-state index in [-0.39, 0.29) is 52.2 Å². The fraction of sp³-hybridized carbons (Fsp3) is 0.375. The lowest BCUT2D eigenvalue weighted by molar-refractivity contribution is -0.128. The van der Waals surface area contributed by atoms with Crippen molar-refractivity contribution < 1.29 is 18.0 Å². The lowest BCUT2D eigenvalue weighted by Crippen LogP contribution is -2.58. The molecule has 2 atom stereocenters. The zero-order valence-corrected chi connectivity index (χ0v) is 25.5. The molecule has 44 heavy (non-hydrogen) atoms. The number of piperazine rings is 1. The van der Waals surface area contributed by atoms with Crippen LogP contribution in [0.4, 0.5) is 19.0 Å². The van der Waals surface area contributed by atoms with Crippen LogP contribution in [-0.4, -0.2) is 60.5 Å². The molecular formula is C32H34F3N7O2. The van der Waals surface area contributed by atoms with Crippen LogP contribution in [0.25, 0.3) is 28.0 Å². The summed E-state index contributed by atoms with van der Waals surface area (Å²) in [6, 6.07) is 3.36. The molecule has 0 aliphatic carbocycles. The number of rotatable bonds is 6. The molecule has 1 fully saturated rings. The molecule has 9 nitrogen and oxygen atoms in total. The number of carbonyl (C=O) groups is 1. The summed E-state index contributed by atoms with van der Waals surface area (Å²) >= 11 is 0. The minimum Gasteiger partial charge on any atom is -0.349 e. The number of benzene rings is 1. The van der Waals surface area contributed by atoms with E-state index in [1.165, 1.54) is 23.0 Å². The highest BCUT2D eigenvalue weighted by molar-refractivity contribution is 5.91. The maximum Gasteiger partial charge on any atom is 0.355 e. The normalized spacial score (nSPS) is 17.2. The van der Waals surface area contributed by atoms with E-state index in [9.17, 15) is 18.4 Å². The Kier molecular flexibility index (Phi) is 8.28. The van der Waals surface area contributed by atoms with Crippen LogP contribution in [0.15, 0.2) is 48.0 Å². The van der Waals surface area contributed by atoms with Gasteiger partial charge in [-0.2, -0.15) is 4.98 Å². The number of nitrogens with zero attached hydrogens (tertiary/aromatic N) is 7. The predicted octanol–water partition coefficient (Wildman–Crippen LogP) is 5.51. The van der Waals surface area contributed by atoms with Crippen molar-refractivity contribution in [2.24, 2.45) is 0 Å². The molecule has 0 bridgehead atoms. The van der Waals surface area contributed by atoms with Crippen molar-refractivity contribution in [3.8, 4) is 16.9 Å². The molecule has 3 aromatic heterocycles. The number of hydrogen-bond donors (Lipinski definition) is 0. The highest BCUT2D eigenvalue weighted by atomic mass is 19.1. The summed E-state index contributed by atoms with van der Waals surface area (Å²) in [6.07, 6.45) is 2.69. The van der Waals surface area contributed by atoms with Crippen LogP contribution in [0.3, 0.4) is 0 Å². The number of pyridine rings is 1. The average molecular weight is 606 g/mol. The van der Waals surface area contributed by atoms with Crippen LogP contribution < -0.4 is 10.6 Å². The highest BCUT2D eigenvalue weighted by Gasteiger charge is 2.34. The summed E-state index contributed by atoms with van der Waals surface area (Å²) in [5.41, 5.74) is 0.139. The zero-order valence-electron chi connectivity index (χ0n) is 25.5. The van der Waals surface area contributed by atoms with E-state index in [1.54, 1.807) is 4.90 Å². The highest BCUT2D eigenvalue weighted by Crippen LogP contribution is 2.35. The van der Waals surface area contributed by atoms with Gasteiger partial charge in [-0.3, -0.25) is 4.79 Å². The van der Waals surface area contributed by atoms with Crippen LogP contribution in [0.2, 0.25) is 0 Å². The zero-order chi connectivity index (χ0) is 32.0. The molecule has 0 saturated carbocycles. The molecule has 0 N–H and O–H groups in total. The number of amides is 1. The molecule has 4 aromatic rings. The first-order valence-electron chi connectivity index (χ1n) is 14.5. The van der Waals surface area contributed by atoms with Crippen LogP contribution >= 0.6 is 0 Å². The smallest absolute Gasteiger partial charge is 0.349 e. The number of aromatic nitrogens is 5. The van der Waals surface area contributed by atoms with Gasteiger partial charge in [-0.05, 0) is 50.0 Å². The van der Waals surface area contributed by atoms with Gasteiger partial charge in [0, 0.05) is 36.8 Å². The minimum absolute atomic E-state index is 0.0168. The van der Waals surface area contributed by atoms with E-state index in [0.717, 1.165) is 12.1 Å². The topological polar surface area (TPSA) is 97.1 Å². The summed E-state index contributed by atoms with van der Waals surface area (Å²) in [5, 5.41) is 0.198. The van der Waals surface area contributed by atoms with Gasteiger partial charge in [0.1, 0.15) is 35.3 Å². The summed E-state index contributed by atoms with van der Waals surface area (Å²) in [7, 11) is 0.